The maximum Gasteiger partial charge on any atom is 0.265 e. The lowest BCUT2D eigenvalue weighted by atomic mass is 10.1. The number of nitrogen functional groups attached to an aromatic ring is 1. The maximum atomic E-state index is 13.7. The Hall–Kier alpha value is -1.67. The number of hydrogen-bond acceptors (Lipinski definition) is 3. The fraction of sp³-hybridized carbons (Fsp3) is 0.0714. The van der Waals surface area contributed by atoms with E-state index in [1.807, 2.05) is 23.6 Å². The van der Waals surface area contributed by atoms with Crippen LogP contribution in [0.5, 0.6) is 5.75 Å². The maximum absolute atomic E-state index is 13.7. The number of carbonyl (C=O) groups excluding carboxylic acids is 1. The van der Waals surface area contributed by atoms with Crippen LogP contribution in [0.3, 0.4) is 0 Å². The third-order valence-electron chi connectivity index (χ3n) is 2.63. The molecule has 0 saturated carbocycles. The van der Waals surface area contributed by atoms with Gasteiger partial charge >= 0.3 is 0 Å². The number of hydrogen-bond donors (Lipinski definition) is 2. The summed E-state index contributed by atoms with van der Waals surface area (Å²) in [5.41, 5.74) is 2.59. The zero-order valence-electron chi connectivity index (χ0n) is 10.4. The van der Waals surface area contributed by atoms with E-state index in [-0.39, 0.29) is 12.2 Å². The first kappa shape index (κ1) is 14.7. The van der Waals surface area contributed by atoms with Crippen LogP contribution < -0.4 is 16.0 Å². The molecule has 3 N–H and O–H groups in total. The molecule has 0 spiro atoms. The van der Waals surface area contributed by atoms with Gasteiger partial charge < -0.3 is 4.74 Å². The Kier molecular flexibility index (Phi) is 4.91. The van der Waals surface area contributed by atoms with Gasteiger partial charge in [0.1, 0.15) is 18.2 Å². The van der Waals surface area contributed by atoms with Gasteiger partial charge in [-0.25, -0.2) is 10.2 Å². The average Bonchev–Trinajstić information content (AvgIpc) is 2.45. The predicted octanol–water partition coefficient (Wildman–Crippen LogP) is 2.61. The Morgan fingerprint density at radius 1 is 1.30 bits per heavy atom. The second kappa shape index (κ2) is 6.67. The number of benzene rings is 2. The van der Waals surface area contributed by atoms with Crippen molar-refractivity contribution in [3.05, 3.63) is 63.0 Å². The zero-order chi connectivity index (χ0) is 14.5. The average molecular weight is 386 g/mol. The number of halogens is 2. The first-order chi connectivity index (χ1) is 9.60. The van der Waals surface area contributed by atoms with Gasteiger partial charge in [0, 0.05) is 14.7 Å². The van der Waals surface area contributed by atoms with E-state index in [0.717, 1.165) is 3.57 Å². The van der Waals surface area contributed by atoms with Crippen LogP contribution in [0.4, 0.5) is 4.39 Å². The van der Waals surface area contributed by atoms with E-state index in [1.165, 1.54) is 18.2 Å². The van der Waals surface area contributed by atoms with Gasteiger partial charge in [-0.3, -0.25) is 10.2 Å². The monoisotopic (exact) mass is 386 g/mol. The lowest BCUT2D eigenvalue weighted by Crippen LogP contribution is -2.30. The van der Waals surface area contributed by atoms with Crippen LogP contribution >= 0.6 is 22.6 Å². The van der Waals surface area contributed by atoms with Gasteiger partial charge in [-0.05, 0) is 59.0 Å². The molecule has 20 heavy (non-hydrogen) atoms. The SMILES string of the molecule is NNC(=O)c1ccc(F)c(COc2cccc(I)c2)c1. The smallest absolute Gasteiger partial charge is 0.265 e. The van der Waals surface area contributed by atoms with Crippen molar-refractivity contribution in [2.75, 3.05) is 0 Å². The minimum Gasteiger partial charge on any atom is -0.489 e. The first-order valence-electron chi connectivity index (χ1n) is 5.78. The molecule has 104 valence electrons. The molecule has 0 unspecified atom stereocenters. The van der Waals surface area contributed by atoms with Crippen molar-refractivity contribution in [1.29, 1.82) is 0 Å². The molecule has 4 nitrogen and oxygen atoms in total. The molecule has 0 bridgehead atoms. The van der Waals surface area contributed by atoms with E-state index < -0.39 is 11.7 Å². The van der Waals surface area contributed by atoms with Crippen LogP contribution in [0.25, 0.3) is 0 Å². The third-order valence-corrected chi connectivity index (χ3v) is 3.30. The summed E-state index contributed by atoms with van der Waals surface area (Å²) < 4.78 is 20.2. The quantitative estimate of drug-likeness (QED) is 0.368. The largest absolute Gasteiger partial charge is 0.489 e. The summed E-state index contributed by atoms with van der Waals surface area (Å²) in [5, 5.41) is 0. The van der Waals surface area contributed by atoms with Crippen molar-refractivity contribution in [2.24, 2.45) is 5.84 Å². The summed E-state index contributed by atoms with van der Waals surface area (Å²) in [4.78, 5) is 11.4. The molecule has 0 heterocycles. The minimum absolute atomic E-state index is 0.0393. The number of amides is 1. The summed E-state index contributed by atoms with van der Waals surface area (Å²) in [6, 6.07) is 11.4. The highest BCUT2D eigenvalue weighted by Gasteiger charge is 2.09. The van der Waals surface area contributed by atoms with Crippen molar-refractivity contribution in [3.8, 4) is 5.75 Å². The van der Waals surface area contributed by atoms with Crippen LogP contribution in [-0.2, 0) is 6.61 Å². The van der Waals surface area contributed by atoms with E-state index >= 15 is 0 Å². The fourth-order valence-corrected chi connectivity index (χ4v) is 2.14. The molecule has 0 atom stereocenters. The number of nitrogens with one attached hydrogen (secondary N) is 1. The van der Waals surface area contributed by atoms with Gasteiger partial charge in [0.25, 0.3) is 5.91 Å². The topological polar surface area (TPSA) is 64.3 Å². The van der Waals surface area contributed by atoms with Crippen LogP contribution in [-0.4, -0.2) is 5.91 Å². The molecule has 0 fully saturated rings. The summed E-state index contributed by atoms with van der Waals surface area (Å²) >= 11 is 2.16. The van der Waals surface area contributed by atoms with Gasteiger partial charge in [0.15, 0.2) is 0 Å². The minimum atomic E-state index is -0.472. The highest BCUT2D eigenvalue weighted by Crippen LogP contribution is 2.18. The lowest BCUT2D eigenvalue weighted by molar-refractivity contribution is 0.0953. The molecule has 0 aliphatic rings. The molecule has 0 aromatic heterocycles. The van der Waals surface area contributed by atoms with Crippen molar-refractivity contribution in [3.63, 3.8) is 0 Å². The van der Waals surface area contributed by atoms with Gasteiger partial charge in [-0.2, -0.15) is 0 Å². The van der Waals surface area contributed by atoms with E-state index in [4.69, 9.17) is 10.6 Å². The van der Waals surface area contributed by atoms with Gasteiger partial charge in [-0.15, -0.1) is 0 Å². The Bertz CT molecular complexity index is 634. The molecule has 6 heteroatoms. The Labute approximate surface area is 129 Å². The summed E-state index contributed by atoms with van der Waals surface area (Å²) in [6.07, 6.45) is 0. The number of nitrogens with two attached hydrogens (primary N) is 1. The fourth-order valence-electron chi connectivity index (χ4n) is 1.63. The van der Waals surface area contributed by atoms with Crippen LogP contribution in [0.2, 0.25) is 0 Å². The molecule has 2 aromatic rings. The summed E-state index contributed by atoms with van der Waals surface area (Å²) in [6.45, 7) is 0.0393. The molecule has 0 aliphatic carbocycles. The highest BCUT2D eigenvalue weighted by molar-refractivity contribution is 14.1. The van der Waals surface area contributed by atoms with Gasteiger partial charge in [-0.1, -0.05) is 6.07 Å². The number of ether oxygens (including phenoxy) is 1. The number of rotatable bonds is 4. The van der Waals surface area contributed by atoms with Crippen molar-refractivity contribution >= 4 is 28.5 Å². The Balaban J connectivity index is 2.14. The molecule has 2 rings (SSSR count). The number of hydrazine groups is 1. The number of carbonyl (C=O) groups is 1. The molecular weight excluding hydrogens is 374 g/mol. The van der Waals surface area contributed by atoms with Crippen LogP contribution in [0, 0.1) is 9.39 Å². The predicted molar refractivity (Wildman–Crippen MR) is 81.5 cm³/mol. The normalized spacial score (nSPS) is 10.2. The van der Waals surface area contributed by atoms with E-state index in [0.29, 0.717) is 11.3 Å². The van der Waals surface area contributed by atoms with Crippen LogP contribution in [0.15, 0.2) is 42.5 Å². The van der Waals surface area contributed by atoms with E-state index in [1.54, 1.807) is 6.07 Å². The summed E-state index contributed by atoms with van der Waals surface area (Å²) in [5.74, 6) is 4.79. The lowest BCUT2D eigenvalue weighted by Gasteiger charge is -2.09. The Morgan fingerprint density at radius 3 is 2.80 bits per heavy atom. The third kappa shape index (κ3) is 3.67. The molecule has 0 aliphatic heterocycles. The molecule has 0 saturated heterocycles. The molecule has 1 amide bonds. The first-order valence-corrected chi connectivity index (χ1v) is 6.86. The second-order valence-corrected chi connectivity index (χ2v) is 5.27. The van der Waals surface area contributed by atoms with Crippen LogP contribution in [0.1, 0.15) is 15.9 Å². The molecule has 2 aromatic carbocycles. The standard InChI is InChI=1S/C14H12FIN2O2/c15-13-5-4-9(14(19)18-17)6-10(13)8-20-12-3-1-2-11(16)7-12/h1-7H,8,17H2,(H,18,19). The van der Waals surface area contributed by atoms with Gasteiger partial charge in [0.2, 0.25) is 0 Å². The van der Waals surface area contributed by atoms with Crippen molar-refractivity contribution < 1.29 is 13.9 Å². The highest BCUT2D eigenvalue weighted by atomic mass is 127. The van der Waals surface area contributed by atoms with E-state index in [9.17, 15) is 9.18 Å². The molecular formula is C14H12FIN2O2. The Morgan fingerprint density at radius 2 is 2.10 bits per heavy atom. The van der Waals surface area contributed by atoms with E-state index in [2.05, 4.69) is 22.6 Å². The van der Waals surface area contributed by atoms with Crippen molar-refractivity contribution in [2.45, 2.75) is 6.61 Å². The van der Waals surface area contributed by atoms with Crippen molar-refractivity contribution in [1.82, 2.24) is 5.43 Å². The second-order valence-electron chi connectivity index (χ2n) is 4.03. The van der Waals surface area contributed by atoms with Gasteiger partial charge in [0.05, 0.1) is 0 Å². The zero-order valence-corrected chi connectivity index (χ0v) is 12.6. The molecule has 0 radical (unpaired) electrons. The summed E-state index contributed by atoms with van der Waals surface area (Å²) in [7, 11) is 0.